The first-order chi connectivity index (χ1) is 10.2. The van der Waals surface area contributed by atoms with Crippen molar-refractivity contribution in [1.29, 1.82) is 0 Å². The van der Waals surface area contributed by atoms with Crippen molar-refractivity contribution in [3.8, 4) is 0 Å². The summed E-state index contributed by atoms with van der Waals surface area (Å²) in [5, 5.41) is 14.8. The van der Waals surface area contributed by atoms with E-state index in [4.69, 9.17) is 27.3 Å². The molecule has 1 aromatic heterocycles. The average molecular weight is 329 g/mol. The van der Waals surface area contributed by atoms with E-state index in [1.807, 2.05) is 20.8 Å². The molecule has 0 aliphatic rings. The normalized spacial score (nSPS) is 12.1. The number of ether oxygens (including phenoxy) is 1. The second-order valence-electron chi connectivity index (χ2n) is 5.66. The van der Waals surface area contributed by atoms with Crippen LogP contribution in [0.3, 0.4) is 0 Å². The summed E-state index contributed by atoms with van der Waals surface area (Å²) < 4.78 is 5.21. The van der Waals surface area contributed by atoms with Gasteiger partial charge in [0, 0.05) is 24.7 Å². The molecule has 0 radical (unpaired) electrons. The van der Waals surface area contributed by atoms with E-state index in [0.29, 0.717) is 35.8 Å². The Balaban J connectivity index is 2.44. The molecule has 1 rings (SSSR count). The molecule has 0 unspecified atom stereocenters. The predicted molar refractivity (Wildman–Crippen MR) is 85.3 cm³/mol. The number of carbonyl (C=O) groups excluding carboxylic acids is 1. The molecule has 0 saturated carbocycles. The van der Waals surface area contributed by atoms with Crippen LogP contribution in [0.5, 0.6) is 0 Å². The molecule has 0 saturated heterocycles. The highest BCUT2D eigenvalue weighted by molar-refractivity contribution is 6.33. The van der Waals surface area contributed by atoms with Gasteiger partial charge in [-0.1, -0.05) is 16.8 Å². The van der Waals surface area contributed by atoms with Crippen molar-refractivity contribution in [3.63, 3.8) is 0 Å². The quantitative estimate of drug-likeness (QED) is 0.185. The van der Waals surface area contributed by atoms with Crippen LogP contribution < -0.4 is 11.1 Å². The molecule has 0 aromatic carbocycles. The summed E-state index contributed by atoms with van der Waals surface area (Å²) in [6.07, 6.45) is 2.34. The van der Waals surface area contributed by atoms with Gasteiger partial charge >= 0.3 is 5.97 Å². The molecule has 4 N–H and O–H groups in total. The van der Waals surface area contributed by atoms with E-state index >= 15 is 0 Å². The summed E-state index contributed by atoms with van der Waals surface area (Å²) in [5.74, 6) is 0.168. The number of hydrogen-bond acceptors (Lipinski definition) is 6. The van der Waals surface area contributed by atoms with E-state index in [-0.39, 0.29) is 11.8 Å². The fourth-order valence-corrected chi connectivity index (χ4v) is 1.83. The molecule has 22 heavy (non-hydrogen) atoms. The van der Waals surface area contributed by atoms with Crippen LogP contribution in [0.2, 0.25) is 5.02 Å². The molecule has 8 heteroatoms. The number of halogens is 1. The van der Waals surface area contributed by atoms with Crippen molar-refractivity contribution < 1.29 is 14.7 Å². The number of amidine groups is 1. The summed E-state index contributed by atoms with van der Waals surface area (Å²) in [7, 11) is 0. The van der Waals surface area contributed by atoms with Crippen LogP contribution in [0.25, 0.3) is 0 Å². The van der Waals surface area contributed by atoms with Gasteiger partial charge in [0.1, 0.15) is 11.4 Å². The van der Waals surface area contributed by atoms with E-state index in [1.165, 1.54) is 6.20 Å². The maximum absolute atomic E-state index is 11.5. The van der Waals surface area contributed by atoms with E-state index in [2.05, 4.69) is 15.5 Å². The van der Waals surface area contributed by atoms with Crippen LogP contribution in [-0.4, -0.2) is 34.1 Å². The lowest BCUT2D eigenvalue weighted by molar-refractivity contribution is -0.154. The van der Waals surface area contributed by atoms with Gasteiger partial charge in [-0.3, -0.25) is 4.79 Å². The lowest BCUT2D eigenvalue weighted by Crippen LogP contribution is -2.24. The Hall–Kier alpha value is -2.02. The Morgan fingerprint density at radius 1 is 1.55 bits per heavy atom. The minimum absolute atomic E-state index is 0.0640. The Morgan fingerprint density at radius 2 is 2.23 bits per heavy atom. The minimum atomic E-state index is -0.473. The maximum Gasteiger partial charge on any atom is 0.306 e. The van der Waals surface area contributed by atoms with Crippen molar-refractivity contribution in [2.45, 2.75) is 39.2 Å². The topological polar surface area (TPSA) is 110 Å². The van der Waals surface area contributed by atoms with Gasteiger partial charge in [0.25, 0.3) is 0 Å². The van der Waals surface area contributed by atoms with Crippen LogP contribution in [-0.2, 0) is 9.53 Å². The molecule has 122 valence electrons. The van der Waals surface area contributed by atoms with E-state index in [1.54, 1.807) is 6.07 Å². The van der Waals surface area contributed by atoms with Crippen molar-refractivity contribution >= 4 is 29.2 Å². The number of pyridine rings is 1. The molecule has 0 fully saturated rings. The second kappa shape index (κ2) is 7.84. The van der Waals surface area contributed by atoms with Gasteiger partial charge in [-0.05, 0) is 33.3 Å². The largest absolute Gasteiger partial charge is 0.460 e. The van der Waals surface area contributed by atoms with Crippen molar-refractivity contribution in [3.05, 3.63) is 22.8 Å². The Bertz CT molecular complexity index is 556. The van der Waals surface area contributed by atoms with E-state index < -0.39 is 5.60 Å². The lowest BCUT2D eigenvalue weighted by Gasteiger charge is -2.19. The number of hydrogen-bond donors (Lipinski definition) is 3. The molecule has 0 amide bonds. The number of nitrogens with one attached hydrogen (secondary N) is 1. The van der Waals surface area contributed by atoms with Gasteiger partial charge in [0.2, 0.25) is 0 Å². The van der Waals surface area contributed by atoms with Crippen molar-refractivity contribution in [2.24, 2.45) is 10.9 Å². The summed E-state index contributed by atoms with van der Waals surface area (Å²) in [4.78, 5) is 15.6. The molecule has 7 nitrogen and oxygen atoms in total. The van der Waals surface area contributed by atoms with Crippen molar-refractivity contribution in [2.75, 3.05) is 11.9 Å². The number of nitrogens with zero attached hydrogens (tertiary/aromatic N) is 2. The first kappa shape index (κ1) is 18.0. The molecule has 0 aliphatic heterocycles. The predicted octanol–water partition coefficient (Wildman–Crippen LogP) is 2.36. The van der Waals surface area contributed by atoms with E-state index in [9.17, 15) is 4.79 Å². The first-order valence-corrected chi connectivity index (χ1v) is 7.20. The highest BCUT2D eigenvalue weighted by Gasteiger charge is 2.15. The number of esters is 1. The number of nitrogens with two attached hydrogens (primary N) is 1. The highest BCUT2D eigenvalue weighted by atomic mass is 35.5. The highest BCUT2D eigenvalue weighted by Crippen LogP contribution is 2.20. The molecule has 1 heterocycles. The van der Waals surface area contributed by atoms with Crippen LogP contribution in [0.1, 0.15) is 39.2 Å². The monoisotopic (exact) mass is 328 g/mol. The van der Waals surface area contributed by atoms with Gasteiger partial charge in [-0.15, -0.1) is 0 Å². The fourth-order valence-electron chi connectivity index (χ4n) is 1.60. The Morgan fingerprint density at radius 3 is 2.77 bits per heavy atom. The standard InChI is InChI=1S/C14H21ClN4O3/c1-14(2,3)22-11(20)5-4-6-17-13-10(15)7-9(8-18-13)12(16)19-21/h7-8,21H,4-6H2,1-3H3,(H2,16,19)(H,17,18). The van der Waals surface area contributed by atoms with Crippen LogP contribution in [0.4, 0.5) is 5.82 Å². The van der Waals surface area contributed by atoms with Crippen molar-refractivity contribution in [1.82, 2.24) is 4.98 Å². The molecule has 0 spiro atoms. The summed E-state index contributed by atoms with van der Waals surface area (Å²) >= 11 is 6.05. The number of anilines is 1. The third-order valence-electron chi connectivity index (χ3n) is 2.51. The van der Waals surface area contributed by atoms with Gasteiger partial charge in [-0.25, -0.2) is 4.98 Å². The molecule has 0 bridgehead atoms. The van der Waals surface area contributed by atoms with Gasteiger partial charge < -0.3 is 21.0 Å². The summed E-state index contributed by atoms with van der Waals surface area (Å²) in [5.41, 5.74) is 5.40. The van der Waals surface area contributed by atoms with Crippen LogP contribution in [0.15, 0.2) is 17.4 Å². The second-order valence-corrected chi connectivity index (χ2v) is 6.06. The molecular weight excluding hydrogens is 308 g/mol. The number of aromatic nitrogens is 1. The zero-order chi connectivity index (χ0) is 16.8. The SMILES string of the molecule is CC(C)(C)OC(=O)CCCNc1ncc(/C(N)=N\O)cc1Cl. The number of oxime groups is 1. The fraction of sp³-hybridized carbons (Fsp3) is 0.500. The van der Waals surface area contributed by atoms with Gasteiger partial charge in [0.05, 0.1) is 5.02 Å². The first-order valence-electron chi connectivity index (χ1n) is 6.82. The van der Waals surface area contributed by atoms with Crippen LogP contribution >= 0.6 is 11.6 Å². The summed E-state index contributed by atoms with van der Waals surface area (Å²) in [6.45, 7) is 6.01. The molecule has 1 aromatic rings. The summed E-state index contributed by atoms with van der Waals surface area (Å²) in [6, 6.07) is 1.54. The molecule has 0 aliphatic carbocycles. The Labute approximate surface area is 134 Å². The van der Waals surface area contributed by atoms with Gasteiger partial charge in [0.15, 0.2) is 5.84 Å². The van der Waals surface area contributed by atoms with Crippen LogP contribution in [0, 0.1) is 0 Å². The van der Waals surface area contributed by atoms with Gasteiger partial charge in [-0.2, -0.15) is 0 Å². The average Bonchev–Trinajstić information content (AvgIpc) is 2.42. The Kier molecular flexibility index (Phi) is 6.42. The third-order valence-corrected chi connectivity index (χ3v) is 2.80. The molecular formula is C14H21ClN4O3. The van der Waals surface area contributed by atoms with E-state index in [0.717, 1.165) is 0 Å². The lowest BCUT2D eigenvalue weighted by atomic mass is 10.2. The third kappa shape index (κ3) is 6.17. The zero-order valence-corrected chi connectivity index (χ0v) is 13.6. The number of rotatable bonds is 6. The smallest absolute Gasteiger partial charge is 0.306 e. The maximum atomic E-state index is 11.5. The minimum Gasteiger partial charge on any atom is -0.460 e. The molecule has 0 atom stereocenters. The zero-order valence-electron chi connectivity index (χ0n) is 12.9. The number of carbonyl (C=O) groups is 1.